The summed E-state index contributed by atoms with van der Waals surface area (Å²) >= 11 is 0. The van der Waals surface area contributed by atoms with Gasteiger partial charge in [0.15, 0.2) is 0 Å². The van der Waals surface area contributed by atoms with Gasteiger partial charge in [-0.2, -0.15) is 14.6 Å². The van der Waals surface area contributed by atoms with Gasteiger partial charge in [0.05, 0.1) is 17.4 Å². The van der Waals surface area contributed by atoms with Crippen LogP contribution in [0.4, 0.5) is 0 Å². The van der Waals surface area contributed by atoms with Crippen LogP contribution in [-0.2, 0) is 21.2 Å². The Labute approximate surface area is 215 Å². The van der Waals surface area contributed by atoms with Gasteiger partial charge in [-0.15, -0.1) is 0 Å². The molecule has 0 aliphatic heterocycles. The molecule has 37 heavy (non-hydrogen) atoms. The number of benzene rings is 2. The van der Waals surface area contributed by atoms with Crippen molar-refractivity contribution >= 4 is 21.6 Å². The van der Waals surface area contributed by atoms with Crippen LogP contribution in [0.15, 0.2) is 45.3 Å². The van der Waals surface area contributed by atoms with Gasteiger partial charge >= 0.3 is 0 Å². The fraction of sp³-hybridized carbons (Fsp3) is 0.346. The first-order valence-electron chi connectivity index (χ1n) is 11.8. The second-order valence-electron chi connectivity index (χ2n) is 9.15. The molecule has 0 spiro atoms. The average Bonchev–Trinajstić information content (AvgIpc) is 3.33. The molecule has 0 fully saturated rings. The van der Waals surface area contributed by atoms with Crippen LogP contribution in [0.3, 0.4) is 0 Å². The van der Waals surface area contributed by atoms with E-state index in [0.29, 0.717) is 58.8 Å². The normalized spacial score (nSPS) is 14.3. The maximum Gasteiger partial charge on any atom is 0.262 e. The highest BCUT2D eigenvalue weighted by molar-refractivity contribution is 7.91. The molecule has 1 aromatic heterocycles. The lowest BCUT2D eigenvalue weighted by Gasteiger charge is -2.20. The molecule has 11 heteroatoms. The minimum atomic E-state index is -3.99. The van der Waals surface area contributed by atoms with E-state index in [1.54, 1.807) is 24.3 Å². The third-order valence-electron chi connectivity index (χ3n) is 5.76. The zero-order valence-electron chi connectivity index (χ0n) is 21.1. The van der Waals surface area contributed by atoms with Gasteiger partial charge in [-0.3, -0.25) is 4.79 Å². The second kappa shape index (κ2) is 10.5. The lowest BCUT2D eigenvalue weighted by atomic mass is 9.87. The molecule has 1 aliphatic rings. The molecule has 192 valence electrons. The number of hydrogen-bond acceptors (Lipinski definition) is 8. The predicted molar refractivity (Wildman–Crippen MR) is 138 cm³/mol. The summed E-state index contributed by atoms with van der Waals surface area (Å²) in [6, 6.07) is 12.7. The van der Waals surface area contributed by atoms with E-state index in [4.69, 9.17) is 9.26 Å². The Morgan fingerprint density at radius 2 is 1.97 bits per heavy atom. The first kappa shape index (κ1) is 26.0. The van der Waals surface area contributed by atoms with Gasteiger partial charge in [0.2, 0.25) is 11.7 Å². The number of carbonyl (C=O) groups excluding carboxylic acids is 1. The van der Waals surface area contributed by atoms with Crippen LogP contribution in [-0.4, -0.2) is 61.0 Å². The quantitative estimate of drug-likeness (QED) is 0.459. The van der Waals surface area contributed by atoms with Crippen LogP contribution in [0, 0.1) is 11.3 Å². The zero-order valence-corrected chi connectivity index (χ0v) is 21.9. The van der Waals surface area contributed by atoms with Gasteiger partial charge in [-0.05, 0) is 56.9 Å². The van der Waals surface area contributed by atoms with Crippen molar-refractivity contribution in [1.29, 1.82) is 5.26 Å². The molecule has 0 saturated heterocycles. The molecule has 0 N–H and O–H groups in total. The number of amides is 1. The standard InChI is InChI=1S/C26H27N5O5S/c1-16(2)35-23-12-11-17(13-18(23)14-27)26-28-25(29-36-26)21-9-5-8-20-19(21)7-6-10-22(20)30-37(33,34)15-24(32)31(3)4/h5,8-9,11-13,16H,6-7,10,15H2,1-4H3/b30-22-. The number of sulfonamides is 1. The molecule has 0 atom stereocenters. The summed E-state index contributed by atoms with van der Waals surface area (Å²) in [6.07, 6.45) is 1.78. The Kier molecular flexibility index (Phi) is 7.40. The van der Waals surface area contributed by atoms with Crippen molar-refractivity contribution in [3.8, 4) is 34.7 Å². The number of nitrogens with zero attached hydrogens (tertiary/aromatic N) is 5. The van der Waals surface area contributed by atoms with Crippen molar-refractivity contribution < 1.29 is 22.5 Å². The van der Waals surface area contributed by atoms with Gasteiger partial charge in [0.25, 0.3) is 15.9 Å². The summed E-state index contributed by atoms with van der Waals surface area (Å²) in [5.41, 5.74) is 3.62. The molecule has 0 bridgehead atoms. The summed E-state index contributed by atoms with van der Waals surface area (Å²) < 4.78 is 40.3. The van der Waals surface area contributed by atoms with E-state index in [1.165, 1.54) is 19.0 Å². The summed E-state index contributed by atoms with van der Waals surface area (Å²) in [5.74, 6) is -0.142. The molecular formula is C26H27N5O5S. The predicted octanol–water partition coefficient (Wildman–Crippen LogP) is 3.61. The maximum atomic E-state index is 12.6. The van der Waals surface area contributed by atoms with E-state index in [9.17, 15) is 18.5 Å². The number of aromatic nitrogens is 2. The van der Waals surface area contributed by atoms with Crippen LogP contribution >= 0.6 is 0 Å². The summed E-state index contributed by atoms with van der Waals surface area (Å²) in [6.45, 7) is 3.77. The van der Waals surface area contributed by atoms with Gasteiger partial charge in [-0.25, -0.2) is 8.42 Å². The number of nitriles is 1. The van der Waals surface area contributed by atoms with E-state index in [0.717, 1.165) is 5.56 Å². The van der Waals surface area contributed by atoms with Crippen molar-refractivity contribution in [2.24, 2.45) is 4.40 Å². The van der Waals surface area contributed by atoms with Crippen molar-refractivity contribution in [3.63, 3.8) is 0 Å². The van der Waals surface area contributed by atoms with Crippen molar-refractivity contribution in [1.82, 2.24) is 15.0 Å². The maximum absolute atomic E-state index is 12.6. The van der Waals surface area contributed by atoms with Crippen molar-refractivity contribution in [2.45, 2.75) is 39.2 Å². The topological polar surface area (TPSA) is 139 Å². The van der Waals surface area contributed by atoms with Crippen molar-refractivity contribution in [3.05, 3.63) is 53.1 Å². The molecule has 1 amide bonds. The fourth-order valence-electron chi connectivity index (χ4n) is 4.04. The molecule has 2 aromatic carbocycles. The highest BCUT2D eigenvalue weighted by atomic mass is 32.2. The van der Waals surface area contributed by atoms with E-state index in [-0.39, 0.29) is 12.0 Å². The minimum absolute atomic E-state index is 0.0749. The van der Waals surface area contributed by atoms with Crippen molar-refractivity contribution in [2.75, 3.05) is 19.8 Å². The van der Waals surface area contributed by atoms with Gasteiger partial charge in [0, 0.05) is 30.8 Å². The minimum Gasteiger partial charge on any atom is -0.490 e. The average molecular weight is 522 g/mol. The largest absolute Gasteiger partial charge is 0.490 e. The molecule has 3 aromatic rings. The van der Waals surface area contributed by atoms with E-state index in [1.807, 2.05) is 26.0 Å². The smallest absolute Gasteiger partial charge is 0.262 e. The summed E-state index contributed by atoms with van der Waals surface area (Å²) in [4.78, 5) is 17.7. The molecule has 4 rings (SSSR count). The lowest BCUT2D eigenvalue weighted by molar-refractivity contribution is -0.125. The lowest BCUT2D eigenvalue weighted by Crippen LogP contribution is -2.29. The summed E-state index contributed by atoms with van der Waals surface area (Å²) in [5, 5.41) is 13.7. The molecule has 1 aliphatic carbocycles. The second-order valence-corrected chi connectivity index (χ2v) is 10.8. The molecular weight excluding hydrogens is 494 g/mol. The third kappa shape index (κ3) is 5.86. The Balaban J connectivity index is 1.67. The first-order valence-corrected chi connectivity index (χ1v) is 13.4. The van der Waals surface area contributed by atoms with Crippen LogP contribution in [0.2, 0.25) is 0 Å². The van der Waals surface area contributed by atoms with Gasteiger partial charge in [-0.1, -0.05) is 23.4 Å². The van der Waals surface area contributed by atoms with Crippen LogP contribution < -0.4 is 4.74 Å². The highest BCUT2D eigenvalue weighted by Crippen LogP contribution is 2.33. The Hall–Kier alpha value is -4.04. The Morgan fingerprint density at radius 1 is 1.22 bits per heavy atom. The SMILES string of the molecule is CC(C)Oc1ccc(-c2nc(-c3cccc4c3CCC/C4=N/S(=O)(=O)CC(=O)N(C)C)no2)cc1C#N. The van der Waals surface area contributed by atoms with E-state index in [2.05, 4.69) is 20.6 Å². The molecule has 10 nitrogen and oxygen atoms in total. The fourth-order valence-corrected chi connectivity index (χ4v) is 5.20. The van der Waals surface area contributed by atoms with Crippen LogP contribution in [0.25, 0.3) is 22.8 Å². The monoisotopic (exact) mass is 521 g/mol. The highest BCUT2D eigenvalue weighted by Gasteiger charge is 2.25. The molecule has 0 saturated carbocycles. The third-order valence-corrected chi connectivity index (χ3v) is 6.87. The summed E-state index contributed by atoms with van der Waals surface area (Å²) in [7, 11) is -0.983. The van der Waals surface area contributed by atoms with Gasteiger partial charge < -0.3 is 14.2 Å². The Morgan fingerprint density at radius 3 is 2.68 bits per heavy atom. The first-order chi connectivity index (χ1) is 17.6. The van der Waals surface area contributed by atoms with E-state index < -0.39 is 21.7 Å². The number of carbonyl (C=O) groups is 1. The molecule has 0 radical (unpaired) electrons. The zero-order chi connectivity index (χ0) is 26.7. The molecule has 1 heterocycles. The number of hydrogen-bond donors (Lipinski definition) is 0. The number of fused-ring (bicyclic) bond motifs is 1. The van der Waals surface area contributed by atoms with E-state index >= 15 is 0 Å². The number of ether oxygens (including phenoxy) is 1. The molecule has 0 unspecified atom stereocenters. The Bertz CT molecular complexity index is 1520. The van der Waals surface area contributed by atoms with Crippen LogP contribution in [0.5, 0.6) is 5.75 Å². The van der Waals surface area contributed by atoms with Gasteiger partial charge in [0.1, 0.15) is 17.6 Å². The number of rotatable bonds is 7. The van der Waals surface area contributed by atoms with Crippen LogP contribution in [0.1, 0.15) is 43.4 Å².